The van der Waals surface area contributed by atoms with Crippen LogP contribution in [-0.4, -0.2) is 9.78 Å². The topological polar surface area (TPSA) is 79.7 Å². The third-order valence-corrected chi connectivity index (χ3v) is 2.68. The van der Waals surface area contributed by atoms with Gasteiger partial charge in [-0.3, -0.25) is 4.68 Å². The van der Waals surface area contributed by atoms with E-state index >= 15 is 0 Å². The summed E-state index contributed by atoms with van der Waals surface area (Å²) in [4.78, 5) is 0. The minimum Gasteiger partial charge on any atom is -0.397 e. The van der Waals surface area contributed by atoms with Gasteiger partial charge in [-0.05, 0) is 25.1 Å². The lowest BCUT2D eigenvalue weighted by atomic mass is 10.1. The van der Waals surface area contributed by atoms with Crippen molar-refractivity contribution in [1.82, 2.24) is 9.78 Å². The van der Waals surface area contributed by atoms with Gasteiger partial charge in [-0.25, -0.2) is 0 Å². The number of benzene rings is 1. The monoisotopic (exact) mass is 241 g/mol. The molecule has 0 fully saturated rings. The molecular weight excluding hydrogens is 226 g/mol. The van der Waals surface area contributed by atoms with Crippen molar-refractivity contribution in [3.8, 4) is 6.07 Å². The Morgan fingerprint density at radius 1 is 1.44 bits per heavy atom. The molecule has 0 bridgehead atoms. The number of nitriles is 1. The predicted molar refractivity (Wildman–Crippen MR) is 70.8 cm³/mol. The fraction of sp³-hybridized carbons (Fsp3) is 0.231. The molecule has 5 heteroatoms. The van der Waals surface area contributed by atoms with Crippen molar-refractivity contribution in [3.63, 3.8) is 0 Å². The van der Waals surface area contributed by atoms with E-state index in [0.717, 1.165) is 12.2 Å². The summed E-state index contributed by atoms with van der Waals surface area (Å²) in [7, 11) is 0. The summed E-state index contributed by atoms with van der Waals surface area (Å²) in [6, 6.07) is 9.35. The molecule has 0 aliphatic heterocycles. The van der Waals surface area contributed by atoms with Crippen LogP contribution in [0, 0.1) is 11.3 Å². The highest BCUT2D eigenvalue weighted by Gasteiger charge is 2.06. The summed E-state index contributed by atoms with van der Waals surface area (Å²) in [5, 5.41) is 16.5. The van der Waals surface area contributed by atoms with Crippen molar-refractivity contribution in [2.45, 2.75) is 20.0 Å². The predicted octanol–water partition coefficient (Wildman–Crippen LogP) is 1.97. The quantitative estimate of drug-likeness (QED) is 0.802. The SMILES string of the molecule is CCn1ccc(CNc2c(N)cccc2C#N)n1. The number of hydrogen-bond donors (Lipinski definition) is 2. The van der Waals surface area contributed by atoms with Crippen molar-refractivity contribution >= 4 is 11.4 Å². The van der Waals surface area contributed by atoms with Gasteiger partial charge >= 0.3 is 0 Å². The van der Waals surface area contributed by atoms with Gasteiger partial charge < -0.3 is 11.1 Å². The zero-order valence-corrected chi connectivity index (χ0v) is 10.2. The zero-order chi connectivity index (χ0) is 13.0. The Balaban J connectivity index is 2.13. The van der Waals surface area contributed by atoms with E-state index in [0.29, 0.717) is 23.5 Å². The molecule has 0 saturated carbocycles. The maximum Gasteiger partial charge on any atom is 0.101 e. The summed E-state index contributed by atoms with van der Waals surface area (Å²) >= 11 is 0. The normalized spacial score (nSPS) is 10.0. The van der Waals surface area contributed by atoms with Crippen molar-refractivity contribution in [3.05, 3.63) is 41.7 Å². The first-order valence-corrected chi connectivity index (χ1v) is 5.79. The summed E-state index contributed by atoms with van der Waals surface area (Å²) in [6.45, 7) is 3.43. The minimum atomic E-state index is 0.546. The van der Waals surface area contributed by atoms with Crippen molar-refractivity contribution in [2.24, 2.45) is 0 Å². The third kappa shape index (κ3) is 2.43. The summed E-state index contributed by atoms with van der Waals surface area (Å²) in [5.41, 5.74) is 8.57. The Morgan fingerprint density at radius 3 is 2.94 bits per heavy atom. The van der Waals surface area contributed by atoms with Crippen LogP contribution in [-0.2, 0) is 13.1 Å². The fourth-order valence-corrected chi connectivity index (χ4v) is 1.71. The van der Waals surface area contributed by atoms with E-state index < -0.39 is 0 Å². The average Bonchev–Trinajstić information content (AvgIpc) is 2.85. The molecule has 0 atom stereocenters. The Kier molecular flexibility index (Phi) is 3.49. The molecule has 5 nitrogen and oxygen atoms in total. The van der Waals surface area contributed by atoms with Crippen LogP contribution < -0.4 is 11.1 Å². The van der Waals surface area contributed by atoms with Crippen LogP contribution in [0.1, 0.15) is 18.2 Å². The van der Waals surface area contributed by atoms with Crippen LogP contribution in [0.5, 0.6) is 0 Å². The number of aromatic nitrogens is 2. The Bertz CT molecular complexity index is 579. The van der Waals surface area contributed by atoms with Crippen LogP contribution in [0.15, 0.2) is 30.5 Å². The molecule has 0 aliphatic rings. The highest BCUT2D eigenvalue weighted by Crippen LogP contribution is 2.23. The van der Waals surface area contributed by atoms with Gasteiger partial charge in [-0.15, -0.1) is 0 Å². The fourth-order valence-electron chi connectivity index (χ4n) is 1.71. The number of hydrogen-bond acceptors (Lipinski definition) is 4. The van der Waals surface area contributed by atoms with E-state index in [2.05, 4.69) is 16.5 Å². The van der Waals surface area contributed by atoms with E-state index in [-0.39, 0.29) is 0 Å². The van der Waals surface area contributed by atoms with Crippen molar-refractivity contribution in [1.29, 1.82) is 5.26 Å². The number of nitrogens with one attached hydrogen (secondary N) is 1. The molecule has 18 heavy (non-hydrogen) atoms. The van der Waals surface area contributed by atoms with Crippen molar-refractivity contribution < 1.29 is 0 Å². The Morgan fingerprint density at radius 2 is 2.28 bits per heavy atom. The molecule has 0 saturated heterocycles. The zero-order valence-electron chi connectivity index (χ0n) is 10.2. The molecule has 0 radical (unpaired) electrons. The highest BCUT2D eigenvalue weighted by molar-refractivity contribution is 5.73. The smallest absolute Gasteiger partial charge is 0.101 e. The van der Waals surface area contributed by atoms with Crippen LogP contribution in [0.3, 0.4) is 0 Å². The number of nitrogens with two attached hydrogens (primary N) is 1. The van der Waals surface area contributed by atoms with Gasteiger partial charge in [0.2, 0.25) is 0 Å². The van der Waals surface area contributed by atoms with Crippen LogP contribution in [0.4, 0.5) is 11.4 Å². The molecule has 2 rings (SSSR count). The summed E-state index contributed by atoms with van der Waals surface area (Å²) in [5.74, 6) is 0. The van der Waals surface area contributed by atoms with E-state index in [1.54, 1.807) is 18.2 Å². The van der Waals surface area contributed by atoms with E-state index in [4.69, 9.17) is 11.0 Å². The lowest BCUT2D eigenvalue weighted by molar-refractivity contribution is 0.649. The minimum absolute atomic E-state index is 0.546. The van der Waals surface area contributed by atoms with E-state index in [9.17, 15) is 0 Å². The first kappa shape index (κ1) is 12.0. The number of nitrogen functional groups attached to an aromatic ring is 1. The highest BCUT2D eigenvalue weighted by atomic mass is 15.3. The Labute approximate surface area is 106 Å². The molecule has 0 unspecified atom stereocenters. The maximum atomic E-state index is 9.02. The van der Waals surface area contributed by atoms with Crippen molar-refractivity contribution in [2.75, 3.05) is 11.1 Å². The van der Waals surface area contributed by atoms with E-state index in [1.165, 1.54) is 0 Å². The van der Waals surface area contributed by atoms with Crippen LogP contribution >= 0.6 is 0 Å². The van der Waals surface area contributed by atoms with Gasteiger partial charge in [0.05, 0.1) is 29.2 Å². The number of aryl methyl sites for hydroxylation is 1. The van der Waals surface area contributed by atoms with Gasteiger partial charge in [0.1, 0.15) is 6.07 Å². The molecule has 92 valence electrons. The number of anilines is 2. The molecule has 1 aromatic heterocycles. The molecule has 0 amide bonds. The third-order valence-electron chi connectivity index (χ3n) is 2.68. The summed E-state index contributed by atoms with van der Waals surface area (Å²) < 4.78 is 1.86. The lowest BCUT2D eigenvalue weighted by Crippen LogP contribution is -2.05. The van der Waals surface area contributed by atoms with E-state index in [1.807, 2.05) is 23.9 Å². The molecule has 0 spiro atoms. The molecule has 1 heterocycles. The van der Waals surface area contributed by atoms with Crippen LogP contribution in [0.25, 0.3) is 0 Å². The molecule has 2 aromatic rings. The molecule has 0 aliphatic carbocycles. The maximum absolute atomic E-state index is 9.02. The first-order chi connectivity index (χ1) is 8.74. The number of rotatable bonds is 4. The second kappa shape index (κ2) is 5.23. The lowest BCUT2D eigenvalue weighted by Gasteiger charge is -2.09. The number of nitrogens with zero attached hydrogens (tertiary/aromatic N) is 3. The molecule has 3 N–H and O–H groups in total. The largest absolute Gasteiger partial charge is 0.397 e. The standard InChI is InChI=1S/C13H15N5/c1-2-18-7-6-11(17-18)9-16-13-10(8-14)4-3-5-12(13)15/h3-7,16H,2,9,15H2,1H3. The van der Waals surface area contributed by atoms with Gasteiger partial charge in [-0.1, -0.05) is 6.07 Å². The Hall–Kier alpha value is -2.48. The second-order valence-electron chi connectivity index (χ2n) is 3.90. The summed E-state index contributed by atoms with van der Waals surface area (Å²) in [6.07, 6.45) is 1.93. The van der Waals surface area contributed by atoms with Gasteiger partial charge in [0.15, 0.2) is 0 Å². The van der Waals surface area contributed by atoms with Gasteiger partial charge in [0.25, 0.3) is 0 Å². The van der Waals surface area contributed by atoms with Gasteiger partial charge in [-0.2, -0.15) is 10.4 Å². The number of para-hydroxylation sites is 1. The van der Waals surface area contributed by atoms with Crippen LogP contribution in [0.2, 0.25) is 0 Å². The second-order valence-corrected chi connectivity index (χ2v) is 3.90. The average molecular weight is 241 g/mol. The van der Waals surface area contributed by atoms with Gasteiger partial charge in [0, 0.05) is 12.7 Å². The molecule has 1 aromatic carbocycles. The first-order valence-electron chi connectivity index (χ1n) is 5.79. The molecular formula is C13H15N5.